The minimum Gasteiger partial charge on any atom is -0.396 e. The van der Waals surface area contributed by atoms with E-state index >= 15 is 0 Å². The van der Waals surface area contributed by atoms with Gasteiger partial charge in [-0.2, -0.15) is 5.10 Å². The van der Waals surface area contributed by atoms with E-state index in [1.54, 1.807) is 24.2 Å². The SMILES string of the molecule is COC(C)(C)Cn1cc(N)cn1. The van der Waals surface area contributed by atoms with Crippen molar-refractivity contribution in [2.24, 2.45) is 0 Å². The summed E-state index contributed by atoms with van der Waals surface area (Å²) in [5.41, 5.74) is 6.00. The highest BCUT2D eigenvalue weighted by Crippen LogP contribution is 2.11. The van der Waals surface area contributed by atoms with Crippen LogP contribution in [0.3, 0.4) is 0 Å². The van der Waals surface area contributed by atoms with Crippen molar-refractivity contribution in [2.45, 2.75) is 26.0 Å². The van der Waals surface area contributed by atoms with Gasteiger partial charge in [-0.05, 0) is 13.8 Å². The molecule has 0 radical (unpaired) electrons. The maximum Gasteiger partial charge on any atom is 0.0817 e. The third-order valence-corrected chi connectivity index (χ3v) is 1.75. The van der Waals surface area contributed by atoms with Gasteiger partial charge < -0.3 is 10.5 Å². The number of nitrogens with two attached hydrogens (primary N) is 1. The van der Waals surface area contributed by atoms with Crippen molar-refractivity contribution in [1.29, 1.82) is 0 Å². The Hall–Kier alpha value is -1.03. The molecule has 1 aromatic rings. The Morgan fingerprint density at radius 3 is 2.75 bits per heavy atom. The van der Waals surface area contributed by atoms with Gasteiger partial charge in [-0.1, -0.05) is 0 Å². The van der Waals surface area contributed by atoms with Crippen molar-refractivity contribution in [1.82, 2.24) is 9.78 Å². The van der Waals surface area contributed by atoms with Crippen LogP contribution >= 0.6 is 0 Å². The molecule has 0 fully saturated rings. The summed E-state index contributed by atoms with van der Waals surface area (Å²) < 4.78 is 7.03. The molecule has 2 N–H and O–H groups in total. The van der Waals surface area contributed by atoms with E-state index in [9.17, 15) is 0 Å². The minimum absolute atomic E-state index is 0.196. The first-order valence-corrected chi connectivity index (χ1v) is 3.86. The highest BCUT2D eigenvalue weighted by atomic mass is 16.5. The molecule has 12 heavy (non-hydrogen) atoms. The molecule has 68 valence electrons. The fourth-order valence-electron chi connectivity index (χ4n) is 0.921. The quantitative estimate of drug-likeness (QED) is 0.731. The molecule has 0 saturated heterocycles. The van der Waals surface area contributed by atoms with Crippen LogP contribution in [0.25, 0.3) is 0 Å². The first-order valence-electron chi connectivity index (χ1n) is 3.86. The molecular formula is C8H15N3O. The number of nitrogen functional groups attached to an aromatic ring is 1. The first kappa shape index (κ1) is 9.06. The molecule has 0 aliphatic carbocycles. The van der Waals surface area contributed by atoms with Crippen LogP contribution in [0.4, 0.5) is 5.69 Å². The van der Waals surface area contributed by atoms with Crippen LogP contribution in [0.2, 0.25) is 0 Å². The van der Waals surface area contributed by atoms with Crippen molar-refractivity contribution >= 4 is 5.69 Å². The van der Waals surface area contributed by atoms with Gasteiger partial charge >= 0.3 is 0 Å². The Balaban J connectivity index is 2.63. The summed E-state index contributed by atoms with van der Waals surface area (Å²) in [5.74, 6) is 0. The van der Waals surface area contributed by atoms with E-state index in [1.165, 1.54) is 0 Å². The lowest BCUT2D eigenvalue weighted by Gasteiger charge is -2.22. The molecule has 0 aliphatic rings. The number of rotatable bonds is 3. The van der Waals surface area contributed by atoms with Crippen molar-refractivity contribution in [2.75, 3.05) is 12.8 Å². The van der Waals surface area contributed by atoms with Gasteiger partial charge in [0, 0.05) is 13.3 Å². The summed E-state index contributed by atoms with van der Waals surface area (Å²) in [6.07, 6.45) is 3.42. The van der Waals surface area contributed by atoms with Crippen LogP contribution in [0.5, 0.6) is 0 Å². The number of aromatic nitrogens is 2. The Kier molecular flexibility index (Phi) is 2.38. The maximum atomic E-state index is 5.51. The van der Waals surface area contributed by atoms with Gasteiger partial charge in [0.05, 0.1) is 24.0 Å². The number of ether oxygens (including phenoxy) is 1. The second-order valence-corrected chi connectivity index (χ2v) is 3.44. The summed E-state index contributed by atoms with van der Waals surface area (Å²) in [7, 11) is 1.69. The van der Waals surface area contributed by atoms with Gasteiger partial charge in [0.15, 0.2) is 0 Å². The van der Waals surface area contributed by atoms with E-state index < -0.39 is 0 Å². The van der Waals surface area contributed by atoms with E-state index in [4.69, 9.17) is 10.5 Å². The Bertz CT molecular complexity index is 255. The predicted octanol–water partition coefficient (Wildman–Crippen LogP) is 0.890. The maximum absolute atomic E-state index is 5.51. The van der Waals surface area contributed by atoms with Crippen LogP contribution in [-0.2, 0) is 11.3 Å². The van der Waals surface area contributed by atoms with E-state index in [1.807, 2.05) is 13.8 Å². The fraction of sp³-hybridized carbons (Fsp3) is 0.625. The second-order valence-electron chi connectivity index (χ2n) is 3.44. The van der Waals surface area contributed by atoms with Gasteiger partial charge in [-0.15, -0.1) is 0 Å². The first-order chi connectivity index (χ1) is 5.53. The van der Waals surface area contributed by atoms with Crippen LogP contribution in [0.15, 0.2) is 12.4 Å². The average Bonchev–Trinajstić information content (AvgIpc) is 2.35. The molecule has 4 nitrogen and oxygen atoms in total. The van der Waals surface area contributed by atoms with Crippen LogP contribution in [0.1, 0.15) is 13.8 Å². The van der Waals surface area contributed by atoms with E-state index in [2.05, 4.69) is 5.10 Å². The summed E-state index contributed by atoms with van der Waals surface area (Å²) >= 11 is 0. The lowest BCUT2D eigenvalue weighted by Crippen LogP contribution is -2.29. The average molecular weight is 169 g/mol. The number of hydrogen-bond donors (Lipinski definition) is 1. The van der Waals surface area contributed by atoms with Crippen LogP contribution < -0.4 is 5.73 Å². The molecule has 1 rings (SSSR count). The second kappa shape index (κ2) is 3.15. The van der Waals surface area contributed by atoms with Gasteiger partial charge in [0.25, 0.3) is 0 Å². The third-order valence-electron chi connectivity index (χ3n) is 1.75. The molecule has 4 heteroatoms. The highest BCUT2D eigenvalue weighted by molar-refractivity contribution is 5.30. The number of nitrogens with zero attached hydrogens (tertiary/aromatic N) is 2. The van der Waals surface area contributed by atoms with Gasteiger partial charge in [-0.25, -0.2) is 0 Å². The molecule has 0 saturated carbocycles. The van der Waals surface area contributed by atoms with Gasteiger partial charge in [0.2, 0.25) is 0 Å². The lowest BCUT2D eigenvalue weighted by atomic mass is 10.1. The number of anilines is 1. The fourth-order valence-corrected chi connectivity index (χ4v) is 0.921. The standard InChI is InChI=1S/C8H15N3O/c1-8(2,12-3)6-11-5-7(9)4-10-11/h4-5H,6,9H2,1-3H3. The molecule has 0 unspecified atom stereocenters. The van der Waals surface area contributed by atoms with Crippen molar-refractivity contribution in [3.63, 3.8) is 0 Å². The van der Waals surface area contributed by atoms with E-state index in [0.717, 1.165) is 0 Å². The van der Waals surface area contributed by atoms with E-state index in [-0.39, 0.29) is 5.60 Å². The van der Waals surface area contributed by atoms with Crippen molar-refractivity contribution in [3.05, 3.63) is 12.4 Å². The monoisotopic (exact) mass is 169 g/mol. The summed E-state index contributed by atoms with van der Waals surface area (Å²) in [4.78, 5) is 0. The molecule has 0 amide bonds. The molecule has 0 bridgehead atoms. The molecular weight excluding hydrogens is 154 g/mol. The predicted molar refractivity (Wildman–Crippen MR) is 47.7 cm³/mol. The van der Waals surface area contributed by atoms with Gasteiger partial charge in [-0.3, -0.25) is 4.68 Å². The molecule has 0 spiro atoms. The van der Waals surface area contributed by atoms with Crippen molar-refractivity contribution < 1.29 is 4.74 Å². The zero-order valence-corrected chi connectivity index (χ0v) is 7.74. The molecule has 0 aliphatic heterocycles. The Labute approximate surface area is 72.3 Å². The van der Waals surface area contributed by atoms with Gasteiger partial charge in [0.1, 0.15) is 0 Å². The largest absolute Gasteiger partial charge is 0.396 e. The summed E-state index contributed by atoms with van der Waals surface area (Å²) in [6.45, 7) is 4.72. The highest BCUT2D eigenvalue weighted by Gasteiger charge is 2.17. The zero-order chi connectivity index (χ0) is 9.19. The number of methoxy groups -OCH3 is 1. The zero-order valence-electron chi connectivity index (χ0n) is 7.74. The number of hydrogen-bond acceptors (Lipinski definition) is 3. The Morgan fingerprint density at radius 1 is 1.67 bits per heavy atom. The van der Waals surface area contributed by atoms with E-state index in [0.29, 0.717) is 12.2 Å². The summed E-state index contributed by atoms with van der Waals surface area (Å²) in [5, 5.41) is 4.06. The van der Waals surface area contributed by atoms with Crippen LogP contribution in [0, 0.1) is 0 Å². The molecule has 0 atom stereocenters. The lowest BCUT2D eigenvalue weighted by molar-refractivity contribution is 0.00543. The normalized spacial score (nSPS) is 11.9. The minimum atomic E-state index is -0.196. The molecule has 0 aromatic carbocycles. The Morgan fingerprint density at radius 2 is 2.33 bits per heavy atom. The molecule has 1 aromatic heterocycles. The smallest absolute Gasteiger partial charge is 0.0817 e. The topological polar surface area (TPSA) is 53.1 Å². The van der Waals surface area contributed by atoms with Crippen molar-refractivity contribution in [3.8, 4) is 0 Å². The van der Waals surface area contributed by atoms with Crippen LogP contribution in [-0.4, -0.2) is 22.5 Å². The molecule has 1 heterocycles. The summed E-state index contributed by atoms with van der Waals surface area (Å²) in [6, 6.07) is 0. The third kappa shape index (κ3) is 2.23.